The van der Waals surface area contributed by atoms with Gasteiger partial charge in [-0.05, 0) is 23.7 Å². The SMILES string of the molecule is OCC(F)(F)c1ccc(Cl)o1. The lowest BCUT2D eigenvalue weighted by molar-refractivity contribution is -0.0721. The van der Waals surface area contributed by atoms with Crippen LogP contribution in [0.2, 0.25) is 5.22 Å². The molecule has 0 saturated carbocycles. The van der Waals surface area contributed by atoms with Crippen molar-refractivity contribution in [3.8, 4) is 0 Å². The number of rotatable bonds is 2. The first kappa shape index (κ1) is 8.49. The van der Waals surface area contributed by atoms with E-state index >= 15 is 0 Å². The number of halogens is 3. The maximum Gasteiger partial charge on any atom is 0.327 e. The minimum atomic E-state index is -3.34. The number of aliphatic hydroxyl groups is 1. The first-order valence-corrected chi connectivity index (χ1v) is 3.18. The molecule has 1 N–H and O–H groups in total. The number of hydrogen-bond acceptors (Lipinski definition) is 2. The lowest BCUT2D eigenvalue weighted by atomic mass is 10.3. The Bertz CT molecular complexity index is 246. The van der Waals surface area contributed by atoms with Gasteiger partial charge in [0.15, 0.2) is 11.0 Å². The molecule has 0 fully saturated rings. The Hall–Kier alpha value is -0.610. The first-order valence-electron chi connectivity index (χ1n) is 2.81. The van der Waals surface area contributed by atoms with Gasteiger partial charge in [0, 0.05) is 0 Å². The molecule has 0 aliphatic rings. The van der Waals surface area contributed by atoms with Gasteiger partial charge in [-0.1, -0.05) is 0 Å². The molecule has 0 unspecified atom stereocenters. The Morgan fingerprint density at radius 1 is 1.55 bits per heavy atom. The summed E-state index contributed by atoms with van der Waals surface area (Å²) in [6, 6.07) is 2.22. The topological polar surface area (TPSA) is 33.4 Å². The minimum absolute atomic E-state index is 0.117. The van der Waals surface area contributed by atoms with Crippen molar-refractivity contribution in [3.63, 3.8) is 0 Å². The maximum absolute atomic E-state index is 12.5. The van der Waals surface area contributed by atoms with Crippen molar-refractivity contribution in [1.82, 2.24) is 0 Å². The summed E-state index contributed by atoms with van der Waals surface area (Å²) < 4.78 is 29.4. The van der Waals surface area contributed by atoms with E-state index in [9.17, 15) is 8.78 Å². The van der Waals surface area contributed by atoms with Crippen LogP contribution in [-0.2, 0) is 5.92 Å². The molecule has 1 aromatic rings. The molecule has 2 nitrogen and oxygen atoms in total. The largest absolute Gasteiger partial charge is 0.443 e. The van der Waals surface area contributed by atoms with Gasteiger partial charge in [-0.3, -0.25) is 0 Å². The van der Waals surface area contributed by atoms with E-state index < -0.39 is 18.3 Å². The number of alkyl halides is 2. The third-order valence-electron chi connectivity index (χ3n) is 1.13. The highest BCUT2D eigenvalue weighted by Gasteiger charge is 2.34. The average Bonchev–Trinajstić information content (AvgIpc) is 2.36. The highest BCUT2D eigenvalue weighted by molar-refractivity contribution is 6.28. The molecule has 0 atom stereocenters. The normalized spacial score (nSPS) is 12.0. The van der Waals surface area contributed by atoms with Crippen LogP contribution >= 0.6 is 11.6 Å². The van der Waals surface area contributed by atoms with Crippen molar-refractivity contribution in [2.75, 3.05) is 6.61 Å². The van der Waals surface area contributed by atoms with Gasteiger partial charge < -0.3 is 9.52 Å². The molecule has 62 valence electrons. The fourth-order valence-corrected chi connectivity index (χ4v) is 0.735. The molecule has 11 heavy (non-hydrogen) atoms. The highest BCUT2D eigenvalue weighted by Crippen LogP contribution is 2.29. The van der Waals surface area contributed by atoms with Crippen LogP contribution in [0.4, 0.5) is 8.78 Å². The third kappa shape index (κ3) is 1.70. The predicted octanol–water partition coefficient (Wildman–Crippen LogP) is 2.02. The smallest absolute Gasteiger partial charge is 0.327 e. The van der Waals surface area contributed by atoms with E-state index in [-0.39, 0.29) is 5.22 Å². The van der Waals surface area contributed by atoms with Crippen molar-refractivity contribution in [3.05, 3.63) is 23.1 Å². The second-order valence-corrected chi connectivity index (χ2v) is 2.34. The standard InChI is InChI=1S/C6H5ClF2O2/c7-5-2-1-4(11-5)6(8,9)3-10/h1-2,10H,3H2. The van der Waals surface area contributed by atoms with E-state index in [0.717, 1.165) is 6.07 Å². The summed E-state index contributed by atoms with van der Waals surface area (Å²) in [5, 5.41) is 8.09. The second-order valence-electron chi connectivity index (χ2n) is 1.97. The molecule has 0 radical (unpaired) electrons. The summed E-state index contributed by atoms with van der Waals surface area (Å²) in [5.41, 5.74) is 0. The van der Waals surface area contributed by atoms with Crippen LogP contribution in [-0.4, -0.2) is 11.7 Å². The van der Waals surface area contributed by atoms with E-state index in [4.69, 9.17) is 16.7 Å². The summed E-state index contributed by atoms with van der Waals surface area (Å²) in [5.74, 6) is -3.96. The highest BCUT2D eigenvalue weighted by atomic mass is 35.5. The van der Waals surface area contributed by atoms with E-state index in [1.54, 1.807) is 0 Å². The molecule has 0 aliphatic heterocycles. The maximum atomic E-state index is 12.5. The summed E-state index contributed by atoms with van der Waals surface area (Å²) in [6.07, 6.45) is 0. The lowest BCUT2D eigenvalue weighted by Gasteiger charge is -2.08. The summed E-state index contributed by atoms with van der Waals surface area (Å²) in [7, 11) is 0. The van der Waals surface area contributed by atoms with Crippen molar-refractivity contribution in [2.24, 2.45) is 0 Å². The summed E-state index contributed by atoms with van der Waals surface area (Å²) in [4.78, 5) is 0. The van der Waals surface area contributed by atoms with Crippen molar-refractivity contribution >= 4 is 11.6 Å². The number of aliphatic hydroxyl groups excluding tert-OH is 1. The molecule has 0 spiro atoms. The third-order valence-corrected chi connectivity index (χ3v) is 1.34. The summed E-state index contributed by atoms with van der Waals surface area (Å²) in [6.45, 7) is -1.28. The van der Waals surface area contributed by atoms with Crippen LogP contribution in [0.25, 0.3) is 0 Å². The van der Waals surface area contributed by atoms with Crippen LogP contribution in [0.15, 0.2) is 16.5 Å². The van der Waals surface area contributed by atoms with Crippen LogP contribution in [0.3, 0.4) is 0 Å². The summed E-state index contributed by atoms with van der Waals surface area (Å²) >= 11 is 5.24. The molecule has 1 aromatic heterocycles. The van der Waals surface area contributed by atoms with Gasteiger partial charge in [0.25, 0.3) is 0 Å². The molecule has 5 heteroatoms. The van der Waals surface area contributed by atoms with Gasteiger partial charge >= 0.3 is 5.92 Å². The monoisotopic (exact) mass is 182 g/mol. The van der Waals surface area contributed by atoms with Crippen molar-refractivity contribution in [1.29, 1.82) is 0 Å². The molecular weight excluding hydrogens is 178 g/mol. The zero-order valence-corrected chi connectivity index (χ0v) is 6.11. The first-order chi connectivity index (χ1) is 5.06. The minimum Gasteiger partial charge on any atom is -0.443 e. The van der Waals surface area contributed by atoms with Crippen LogP contribution in [0.5, 0.6) is 0 Å². The van der Waals surface area contributed by atoms with E-state index in [2.05, 4.69) is 4.42 Å². The molecule has 0 bridgehead atoms. The molecule has 1 heterocycles. The Morgan fingerprint density at radius 3 is 2.55 bits per heavy atom. The van der Waals surface area contributed by atoms with E-state index in [1.807, 2.05) is 0 Å². The average molecular weight is 183 g/mol. The van der Waals surface area contributed by atoms with Crippen LogP contribution in [0, 0.1) is 0 Å². The Kier molecular flexibility index (Phi) is 2.15. The fraction of sp³-hybridized carbons (Fsp3) is 0.333. The van der Waals surface area contributed by atoms with Crippen molar-refractivity contribution in [2.45, 2.75) is 5.92 Å². The zero-order valence-electron chi connectivity index (χ0n) is 5.35. The van der Waals surface area contributed by atoms with Gasteiger partial charge in [-0.15, -0.1) is 0 Å². The van der Waals surface area contributed by atoms with Gasteiger partial charge in [0.1, 0.15) is 6.61 Å². The Labute approximate surface area is 66.4 Å². The number of hydrogen-bond donors (Lipinski definition) is 1. The molecule has 1 rings (SSSR count). The van der Waals surface area contributed by atoms with Gasteiger partial charge in [-0.2, -0.15) is 8.78 Å². The van der Waals surface area contributed by atoms with E-state index in [1.165, 1.54) is 6.07 Å². The van der Waals surface area contributed by atoms with Crippen molar-refractivity contribution < 1.29 is 18.3 Å². The molecule has 0 amide bonds. The Balaban J connectivity index is 2.92. The zero-order chi connectivity index (χ0) is 8.48. The van der Waals surface area contributed by atoms with Gasteiger partial charge in [0.05, 0.1) is 0 Å². The molecule has 0 saturated heterocycles. The lowest BCUT2D eigenvalue weighted by Crippen LogP contribution is -2.17. The molecule has 0 aromatic carbocycles. The molecule has 0 aliphatic carbocycles. The predicted molar refractivity (Wildman–Crippen MR) is 34.7 cm³/mol. The second kappa shape index (κ2) is 2.79. The van der Waals surface area contributed by atoms with Gasteiger partial charge in [-0.25, -0.2) is 0 Å². The van der Waals surface area contributed by atoms with E-state index in [0.29, 0.717) is 0 Å². The van der Waals surface area contributed by atoms with Crippen LogP contribution in [0.1, 0.15) is 5.76 Å². The van der Waals surface area contributed by atoms with Crippen LogP contribution < -0.4 is 0 Å². The Morgan fingerprint density at radius 2 is 2.18 bits per heavy atom. The van der Waals surface area contributed by atoms with Gasteiger partial charge in [0.2, 0.25) is 0 Å². The molecular formula is C6H5ClF2O2. The quantitative estimate of drug-likeness (QED) is 0.759. The number of furan rings is 1. The fourth-order valence-electron chi connectivity index (χ4n) is 0.589.